The molecular formula is C12H13N3O3S. The zero-order chi connectivity index (χ0) is 13.7. The second-order valence-electron chi connectivity index (χ2n) is 3.48. The summed E-state index contributed by atoms with van der Waals surface area (Å²) in [4.78, 5) is 4.07. The number of ether oxygens (including phenoxy) is 2. The van der Waals surface area contributed by atoms with E-state index in [1.807, 2.05) is 0 Å². The first-order valence-corrected chi connectivity index (χ1v) is 6.27. The van der Waals surface area contributed by atoms with E-state index in [1.165, 1.54) is 11.3 Å². The third-order valence-electron chi connectivity index (χ3n) is 2.38. The van der Waals surface area contributed by atoms with Crippen molar-refractivity contribution in [2.24, 2.45) is 5.16 Å². The molecule has 2 aromatic rings. The summed E-state index contributed by atoms with van der Waals surface area (Å²) in [5.74, 6) is 1.50. The standard InChI is InChI=1S/C12H13N3O3S/c1-17-9-4-3-8(7-10(9)18-2)14-11(15-16)12-13-5-6-19-12/h3-7,16H,1-2H3,(H,14,15). The molecule has 19 heavy (non-hydrogen) atoms. The Labute approximate surface area is 114 Å². The first-order valence-electron chi connectivity index (χ1n) is 5.39. The van der Waals surface area contributed by atoms with Crippen LogP contribution in [0.4, 0.5) is 5.69 Å². The fourth-order valence-electron chi connectivity index (χ4n) is 1.51. The molecular weight excluding hydrogens is 266 g/mol. The van der Waals surface area contributed by atoms with Gasteiger partial charge in [-0.15, -0.1) is 11.3 Å². The van der Waals surface area contributed by atoms with Gasteiger partial charge in [0.05, 0.1) is 14.2 Å². The number of rotatable bonds is 4. The van der Waals surface area contributed by atoms with E-state index in [1.54, 1.807) is 44.0 Å². The van der Waals surface area contributed by atoms with Crippen molar-refractivity contribution in [3.8, 4) is 11.5 Å². The Morgan fingerprint density at radius 1 is 1.32 bits per heavy atom. The second kappa shape index (κ2) is 6.05. The van der Waals surface area contributed by atoms with Crippen molar-refractivity contribution < 1.29 is 14.7 Å². The molecule has 1 heterocycles. The van der Waals surface area contributed by atoms with Gasteiger partial charge in [-0.3, -0.25) is 0 Å². The predicted octanol–water partition coefficient (Wildman–Crippen LogP) is 2.41. The van der Waals surface area contributed by atoms with Crippen LogP contribution in [0.25, 0.3) is 0 Å². The van der Waals surface area contributed by atoms with Gasteiger partial charge >= 0.3 is 0 Å². The molecule has 100 valence electrons. The van der Waals surface area contributed by atoms with Gasteiger partial charge in [0.25, 0.3) is 0 Å². The molecule has 1 aromatic carbocycles. The normalized spacial score (nSPS) is 11.2. The maximum Gasteiger partial charge on any atom is 0.206 e. The molecule has 0 unspecified atom stereocenters. The monoisotopic (exact) mass is 279 g/mol. The van der Waals surface area contributed by atoms with Gasteiger partial charge in [-0.1, -0.05) is 5.16 Å². The molecule has 1 aromatic heterocycles. The van der Waals surface area contributed by atoms with Crippen molar-refractivity contribution in [1.82, 2.24) is 4.98 Å². The molecule has 0 bridgehead atoms. The van der Waals surface area contributed by atoms with Crippen LogP contribution in [0.1, 0.15) is 5.01 Å². The van der Waals surface area contributed by atoms with Crippen molar-refractivity contribution in [2.45, 2.75) is 0 Å². The Morgan fingerprint density at radius 3 is 2.68 bits per heavy atom. The van der Waals surface area contributed by atoms with E-state index in [4.69, 9.17) is 14.7 Å². The van der Waals surface area contributed by atoms with E-state index in [2.05, 4.69) is 15.5 Å². The third kappa shape index (κ3) is 2.94. The predicted molar refractivity (Wildman–Crippen MR) is 73.6 cm³/mol. The van der Waals surface area contributed by atoms with Gasteiger partial charge in [0.15, 0.2) is 16.5 Å². The minimum absolute atomic E-state index is 0.280. The van der Waals surface area contributed by atoms with E-state index >= 15 is 0 Å². The minimum atomic E-state index is 0.280. The molecule has 0 radical (unpaired) electrons. The molecule has 0 amide bonds. The number of nitrogens with one attached hydrogen (secondary N) is 1. The van der Waals surface area contributed by atoms with Crippen LogP contribution in [0.15, 0.2) is 34.9 Å². The van der Waals surface area contributed by atoms with Crippen LogP contribution < -0.4 is 14.8 Å². The van der Waals surface area contributed by atoms with Crippen molar-refractivity contribution in [2.75, 3.05) is 19.5 Å². The average molecular weight is 279 g/mol. The number of aromatic nitrogens is 1. The molecule has 0 aliphatic heterocycles. The number of benzene rings is 1. The average Bonchev–Trinajstić information content (AvgIpc) is 2.98. The van der Waals surface area contributed by atoms with Gasteiger partial charge in [-0.05, 0) is 12.1 Å². The Kier molecular flexibility index (Phi) is 4.19. The lowest BCUT2D eigenvalue weighted by Gasteiger charge is -2.10. The van der Waals surface area contributed by atoms with Crippen molar-refractivity contribution in [3.05, 3.63) is 34.8 Å². The second-order valence-corrected chi connectivity index (χ2v) is 4.38. The van der Waals surface area contributed by atoms with E-state index in [-0.39, 0.29) is 5.84 Å². The highest BCUT2D eigenvalue weighted by molar-refractivity contribution is 7.11. The van der Waals surface area contributed by atoms with Crippen LogP contribution in [0.3, 0.4) is 0 Å². The molecule has 6 nitrogen and oxygen atoms in total. The van der Waals surface area contributed by atoms with Gasteiger partial charge in [-0.25, -0.2) is 4.98 Å². The van der Waals surface area contributed by atoms with E-state index < -0.39 is 0 Å². The van der Waals surface area contributed by atoms with Crippen LogP contribution in [0.2, 0.25) is 0 Å². The number of amidine groups is 1. The van der Waals surface area contributed by atoms with Gasteiger partial charge in [0, 0.05) is 23.3 Å². The van der Waals surface area contributed by atoms with E-state index in [0.29, 0.717) is 22.2 Å². The smallest absolute Gasteiger partial charge is 0.206 e. The van der Waals surface area contributed by atoms with Crippen LogP contribution >= 0.6 is 11.3 Å². The quantitative estimate of drug-likeness (QED) is 0.389. The highest BCUT2D eigenvalue weighted by atomic mass is 32.1. The van der Waals surface area contributed by atoms with Crippen molar-refractivity contribution >= 4 is 22.9 Å². The first kappa shape index (κ1) is 13.2. The number of hydrogen-bond acceptors (Lipinski definition) is 6. The molecule has 0 atom stereocenters. The fourth-order valence-corrected chi connectivity index (χ4v) is 2.09. The number of thiazole rings is 1. The molecule has 0 spiro atoms. The third-order valence-corrected chi connectivity index (χ3v) is 3.16. The summed E-state index contributed by atoms with van der Waals surface area (Å²) in [6, 6.07) is 5.30. The van der Waals surface area contributed by atoms with Gasteiger partial charge in [0.2, 0.25) is 5.84 Å². The highest BCUT2D eigenvalue weighted by Crippen LogP contribution is 2.30. The lowest BCUT2D eigenvalue weighted by atomic mass is 10.2. The zero-order valence-corrected chi connectivity index (χ0v) is 11.3. The maximum atomic E-state index is 9.02. The van der Waals surface area contributed by atoms with Crippen molar-refractivity contribution in [3.63, 3.8) is 0 Å². The molecule has 0 saturated carbocycles. The molecule has 7 heteroatoms. The lowest BCUT2D eigenvalue weighted by molar-refractivity contribution is 0.319. The number of hydrogen-bond donors (Lipinski definition) is 2. The Morgan fingerprint density at radius 2 is 2.11 bits per heavy atom. The van der Waals surface area contributed by atoms with Gasteiger partial charge in [0.1, 0.15) is 0 Å². The van der Waals surface area contributed by atoms with Gasteiger partial charge < -0.3 is 20.0 Å². The number of nitrogens with zero attached hydrogens (tertiary/aromatic N) is 2. The highest BCUT2D eigenvalue weighted by Gasteiger charge is 2.10. The fraction of sp³-hybridized carbons (Fsp3) is 0.167. The molecule has 0 saturated heterocycles. The van der Waals surface area contributed by atoms with Crippen molar-refractivity contribution in [1.29, 1.82) is 0 Å². The molecule has 0 aliphatic rings. The summed E-state index contributed by atoms with van der Waals surface area (Å²) in [5, 5.41) is 17.6. The lowest BCUT2D eigenvalue weighted by Crippen LogP contribution is -2.13. The number of oxime groups is 1. The summed E-state index contributed by atoms with van der Waals surface area (Å²) >= 11 is 1.37. The number of anilines is 1. The van der Waals surface area contributed by atoms with Crippen LogP contribution in [0, 0.1) is 0 Å². The summed E-state index contributed by atoms with van der Waals surface area (Å²) in [6.07, 6.45) is 1.64. The molecule has 0 aliphatic carbocycles. The summed E-state index contributed by atoms with van der Waals surface area (Å²) in [6.45, 7) is 0. The van der Waals surface area contributed by atoms with Gasteiger partial charge in [-0.2, -0.15) is 0 Å². The first-order chi connectivity index (χ1) is 9.28. The maximum absolute atomic E-state index is 9.02. The van der Waals surface area contributed by atoms with Crippen LogP contribution in [-0.2, 0) is 0 Å². The summed E-state index contributed by atoms with van der Waals surface area (Å²) < 4.78 is 10.4. The Hall–Kier alpha value is -2.28. The molecule has 0 fully saturated rings. The SMILES string of the molecule is COc1ccc(NC(=NO)c2nccs2)cc1OC. The van der Waals surface area contributed by atoms with E-state index in [9.17, 15) is 0 Å². The van der Waals surface area contributed by atoms with E-state index in [0.717, 1.165) is 0 Å². The summed E-state index contributed by atoms with van der Waals surface area (Å²) in [5.41, 5.74) is 0.709. The van der Waals surface area contributed by atoms with Crippen LogP contribution in [0.5, 0.6) is 11.5 Å². The Balaban J connectivity index is 2.23. The topological polar surface area (TPSA) is 76.0 Å². The minimum Gasteiger partial charge on any atom is -0.493 e. The largest absolute Gasteiger partial charge is 0.493 e. The molecule has 2 rings (SSSR count). The molecule has 2 N–H and O–H groups in total. The Bertz CT molecular complexity index is 570. The zero-order valence-electron chi connectivity index (χ0n) is 10.5. The number of methoxy groups -OCH3 is 2. The summed E-state index contributed by atoms with van der Waals surface area (Å²) in [7, 11) is 3.13. The van der Waals surface area contributed by atoms with Crippen LogP contribution in [-0.4, -0.2) is 30.2 Å².